The Labute approximate surface area is 176 Å². The van der Waals surface area contributed by atoms with Crippen LogP contribution in [0.15, 0.2) is 35.3 Å². The Bertz CT molecular complexity index is 1030. The van der Waals surface area contributed by atoms with Gasteiger partial charge in [-0.25, -0.2) is 14.3 Å². The van der Waals surface area contributed by atoms with Gasteiger partial charge in [0.05, 0.1) is 31.1 Å². The zero-order valence-corrected chi connectivity index (χ0v) is 18.5. The molecule has 1 aliphatic rings. The zero-order valence-electron chi connectivity index (χ0n) is 16.1. The maximum Gasteiger partial charge on any atom is 0.154 e. The molecule has 4 rings (SSSR count). The first-order valence-electron chi connectivity index (χ1n) is 8.94. The average Bonchev–Trinajstić information content (AvgIpc) is 3.27. The lowest BCUT2D eigenvalue weighted by Crippen LogP contribution is -2.07. The summed E-state index contributed by atoms with van der Waals surface area (Å²) in [6.45, 7) is 1.83. The summed E-state index contributed by atoms with van der Waals surface area (Å²) >= 11 is 5.28. The number of hydrogen-bond donors (Lipinski definition) is 0. The molecule has 1 aliphatic heterocycles. The molecule has 0 aromatic carbocycles. The van der Waals surface area contributed by atoms with Crippen molar-refractivity contribution in [1.29, 1.82) is 0 Å². The Hall–Kier alpha value is -1.65. The normalized spacial score (nSPS) is 14.8. The molecule has 9 heteroatoms. The minimum atomic E-state index is 0.439. The molecule has 0 bridgehead atoms. The molecule has 0 radical (unpaired) electrons. The van der Waals surface area contributed by atoms with Gasteiger partial charge in [-0.05, 0) is 53.6 Å². The first-order valence-corrected chi connectivity index (χ1v) is 10.5. The van der Waals surface area contributed by atoms with Gasteiger partial charge in [0.15, 0.2) is 5.82 Å². The number of imidazole rings is 2. The topological polar surface area (TPSA) is 56.8 Å². The third kappa shape index (κ3) is 3.77. The Balaban J connectivity index is 1.94. The molecule has 0 N–H and O–H groups in total. The largest absolute Gasteiger partial charge is 0.378 e. The van der Waals surface area contributed by atoms with Crippen LogP contribution in [-0.4, -0.2) is 57.1 Å². The summed E-state index contributed by atoms with van der Waals surface area (Å²) in [5.74, 6) is 0.861. The van der Waals surface area contributed by atoms with Gasteiger partial charge in [-0.2, -0.15) is 0 Å². The van der Waals surface area contributed by atoms with E-state index in [-0.39, 0.29) is 0 Å². The molecule has 0 fully saturated rings. The SMILES string of the molecule is COCc1nc2c(-c3nccn3SN(C)C)cc(C3=CCOCC3)cn2c1Br. The van der Waals surface area contributed by atoms with Crippen molar-refractivity contribution in [2.45, 2.75) is 13.0 Å². The predicted octanol–water partition coefficient (Wildman–Crippen LogP) is 3.88. The van der Waals surface area contributed by atoms with Gasteiger partial charge in [0, 0.05) is 37.8 Å². The summed E-state index contributed by atoms with van der Waals surface area (Å²) in [4.78, 5) is 9.47. The Kier molecular flexibility index (Phi) is 5.88. The maximum absolute atomic E-state index is 5.49. The second-order valence-corrected chi connectivity index (χ2v) is 8.68. The Morgan fingerprint density at radius 2 is 2.25 bits per heavy atom. The number of pyridine rings is 1. The third-order valence-electron chi connectivity index (χ3n) is 4.44. The van der Waals surface area contributed by atoms with Gasteiger partial charge in [-0.15, -0.1) is 0 Å². The molecule has 0 atom stereocenters. The fourth-order valence-electron chi connectivity index (χ4n) is 3.24. The van der Waals surface area contributed by atoms with Gasteiger partial charge in [0.25, 0.3) is 0 Å². The summed E-state index contributed by atoms with van der Waals surface area (Å²) in [5.41, 5.74) is 5.12. The molecular weight excluding hydrogens is 442 g/mol. The predicted molar refractivity (Wildman–Crippen MR) is 115 cm³/mol. The van der Waals surface area contributed by atoms with E-state index in [4.69, 9.17) is 14.5 Å². The van der Waals surface area contributed by atoms with Crippen LogP contribution in [0.5, 0.6) is 0 Å². The Morgan fingerprint density at radius 3 is 2.96 bits per heavy atom. The minimum Gasteiger partial charge on any atom is -0.378 e. The maximum atomic E-state index is 5.49. The van der Waals surface area contributed by atoms with Gasteiger partial charge < -0.3 is 9.47 Å². The molecule has 7 nitrogen and oxygen atoms in total. The van der Waals surface area contributed by atoms with E-state index < -0.39 is 0 Å². The number of nitrogens with zero attached hydrogens (tertiary/aromatic N) is 5. The third-order valence-corrected chi connectivity index (χ3v) is 6.08. The highest BCUT2D eigenvalue weighted by atomic mass is 79.9. The van der Waals surface area contributed by atoms with Crippen LogP contribution in [0.2, 0.25) is 0 Å². The molecule has 148 valence electrons. The summed E-state index contributed by atoms with van der Waals surface area (Å²) in [7, 11) is 5.70. The number of fused-ring (bicyclic) bond motifs is 1. The fourth-order valence-corrected chi connectivity index (χ4v) is 4.40. The van der Waals surface area contributed by atoms with Gasteiger partial charge in [0.1, 0.15) is 10.3 Å². The van der Waals surface area contributed by atoms with Crippen molar-refractivity contribution in [2.75, 3.05) is 34.4 Å². The smallest absolute Gasteiger partial charge is 0.154 e. The van der Waals surface area contributed by atoms with Crippen LogP contribution < -0.4 is 0 Å². The minimum absolute atomic E-state index is 0.439. The molecule has 3 aromatic heterocycles. The molecule has 0 spiro atoms. The van der Waals surface area contributed by atoms with Gasteiger partial charge in [-0.3, -0.25) is 8.37 Å². The quantitative estimate of drug-likeness (QED) is 0.516. The van der Waals surface area contributed by atoms with E-state index in [0.29, 0.717) is 13.2 Å². The monoisotopic (exact) mass is 463 g/mol. The first-order chi connectivity index (χ1) is 13.6. The number of aromatic nitrogens is 4. The fraction of sp³-hybridized carbons (Fsp3) is 0.368. The highest BCUT2D eigenvalue weighted by molar-refractivity contribution is 9.10. The first kappa shape index (κ1) is 19.7. The number of methoxy groups -OCH3 is 1. The van der Waals surface area contributed by atoms with Crippen molar-refractivity contribution in [2.24, 2.45) is 0 Å². The summed E-state index contributed by atoms with van der Waals surface area (Å²) < 4.78 is 17.9. The van der Waals surface area contributed by atoms with Crippen molar-refractivity contribution in [3.05, 3.63) is 46.6 Å². The molecule has 28 heavy (non-hydrogen) atoms. The molecule has 4 heterocycles. The second kappa shape index (κ2) is 8.38. The van der Waals surface area contributed by atoms with Gasteiger partial charge >= 0.3 is 0 Å². The molecule has 3 aromatic rings. The van der Waals surface area contributed by atoms with Crippen LogP contribution in [0, 0.1) is 0 Å². The van der Waals surface area contributed by atoms with E-state index in [1.165, 1.54) is 5.57 Å². The van der Waals surface area contributed by atoms with Crippen molar-refractivity contribution < 1.29 is 9.47 Å². The standard InChI is InChI=1S/C19H22BrN5O2S/c1-23(2)28-25-7-6-21-18(25)15-10-14(13-4-8-27-9-5-13)11-24-17(20)16(12-26-3)22-19(15)24/h4,6-7,10-11H,5,8-9,12H2,1-3H3. The van der Waals surface area contributed by atoms with Crippen LogP contribution in [-0.2, 0) is 16.1 Å². The van der Waals surface area contributed by atoms with Crippen molar-refractivity contribution in [3.8, 4) is 11.4 Å². The van der Waals surface area contributed by atoms with E-state index in [1.54, 1.807) is 19.2 Å². The lowest BCUT2D eigenvalue weighted by molar-refractivity contribution is 0.161. The van der Waals surface area contributed by atoms with Crippen molar-refractivity contribution in [3.63, 3.8) is 0 Å². The summed E-state index contributed by atoms with van der Waals surface area (Å²) in [5, 5.41) is 0. The van der Waals surface area contributed by atoms with E-state index in [2.05, 4.69) is 47.6 Å². The van der Waals surface area contributed by atoms with E-state index in [9.17, 15) is 0 Å². The van der Waals surface area contributed by atoms with Crippen LogP contribution in [0.25, 0.3) is 22.6 Å². The molecule has 0 saturated heterocycles. The summed E-state index contributed by atoms with van der Waals surface area (Å²) in [6.07, 6.45) is 8.94. The van der Waals surface area contributed by atoms with Crippen LogP contribution in [0.3, 0.4) is 0 Å². The van der Waals surface area contributed by atoms with Crippen LogP contribution in [0.4, 0.5) is 0 Å². The molecule has 0 unspecified atom stereocenters. The van der Waals surface area contributed by atoms with E-state index >= 15 is 0 Å². The van der Waals surface area contributed by atoms with Crippen LogP contribution >= 0.6 is 28.1 Å². The zero-order chi connectivity index (χ0) is 19.7. The number of ether oxygens (including phenoxy) is 2. The van der Waals surface area contributed by atoms with Crippen LogP contribution in [0.1, 0.15) is 17.7 Å². The van der Waals surface area contributed by atoms with Gasteiger partial charge in [-0.1, -0.05) is 6.08 Å². The number of halogens is 1. The molecule has 0 amide bonds. The highest BCUT2D eigenvalue weighted by Gasteiger charge is 2.20. The lowest BCUT2D eigenvalue weighted by Gasteiger charge is -2.16. The molecular formula is C19H22BrN5O2S. The van der Waals surface area contributed by atoms with E-state index in [1.807, 2.05) is 30.8 Å². The Morgan fingerprint density at radius 1 is 1.39 bits per heavy atom. The second-order valence-electron chi connectivity index (χ2n) is 6.64. The lowest BCUT2D eigenvalue weighted by atomic mass is 10.0. The van der Waals surface area contributed by atoms with Crippen molar-refractivity contribution >= 4 is 39.3 Å². The molecule has 0 aliphatic carbocycles. The summed E-state index contributed by atoms with van der Waals surface area (Å²) in [6, 6.07) is 2.18. The average molecular weight is 464 g/mol. The molecule has 0 saturated carbocycles. The number of rotatable bonds is 6. The van der Waals surface area contributed by atoms with E-state index in [0.717, 1.165) is 45.9 Å². The number of hydrogen-bond acceptors (Lipinski definition) is 6. The van der Waals surface area contributed by atoms with Crippen molar-refractivity contribution in [1.82, 2.24) is 22.6 Å². The van der Waals surface area contributed by atoms with Gasteiger partial charge in [0.2, 0.25) is 0 Å². The highest BCUT2D eigenvalue weighted by Crippen LogP contribution is 2.33.